The highest BCUT2D eigenvalue weighted by atomic mass is 16.2. The Morgan fingerprint density at radius 3 is 2.50 bits per heavy atom. The maximum Gasteiger partial charge on any atom is 0.224 e. The highest BCUT2D eigenvalue weighted by molar-refractivity contribution is 5.77. The number of piperidine rings is 2. The topological polar surface area (TPSA) is 32.3 Å². The largest absolute Gasteiger partial charge is 0.343 e. The van der Waals surface area contributed by atoms with Crippen LogP contribution in [0.15, 0.2) is 0 Å². The lowest BCUT2D eigenvalue weighted by Crippen LogP contribution is -2.47. The SMILES string of the molecule is CC1CCCNC1CC(=O)N1CCC2(CCCC2)CC1. The van der Waals surface area contributed by atoms with Gasteiger partial charge in [-0.05, 0) is 56.4 Å². The Labute approximate surface area is 123 Å². The summed E-state index contributed by atoms with van der Waals surface area (Å²) in [5, 5.41) is 3.54. The van der Waals surface area contributed by atoms with Crippen LogP contribution < -0.4 is 5.32 Å². The molecule has 2 atom stereocenters. The van der Waals surface area contributed by atoms with Crippen molar-refractivity contribution in [1.82, 2.24) is 10.2 Å². The van der Waals surface area contributed by atoms with E-state index in [0.717, 1.165) is 19.6 Å². The number of nitrogens with zero attached hydrogens (tertiary/aromatic N) is 1. The van der Waals surface area contributed by atoms with Crippen molar-refractivity contribution >= 4 is 5.91 Å². The van der Waals surface area contributed by atoms with Gasteiger partial charge in [-0.2, -0.15) is 0 Å². The Hall–Kier alpha value is -0.570. The van der Waals surface area contributed by atoms with Crippen LogP contribution in [0.3, 0.4) is 0 Å². The fourth-order valence-electron chi connectivity index (χ4n) is 4.56. The van der Waals surface area contributed by atoms with Crippen molar-refractivity contribution in [2.24, 2.45) is 11.3 Å². The van der Waals surface area contributed by atoms with Gasteiger partial charge in [-0.15, -0.1) is 0 Å². The first kappa shape index (κ1) is 14.4. The number of rotatable bonds is 2. The molecule has 0 bridgehead atoms. The maximum absolute atomic E-state index is 12.5. The van der Waals surface area contributed by atoms with E-state index < -0.39 is 0 Å². The van der Waals surface area contributed by atoms with Crippen LogP contribution in [0.4, 0.5) is 0 Å². The van der Waals surface area contributed by atoms with Gasteiger partial charge in [0.05, 0.1) is 0 Å². The number of hydrogen-bond acceptors (Lipinski definition) is 2. The highest BCUT2D eigenvalue weighted by Gasteiger charge is 2.38. The fourth-order valence-corrected chi connectivity index (χ4v) is 4.56. The van der Waals surface area contributed by atoms with Gasteiger partial charge in [-0.25, -0.2) is 0 Å². The summed E-state index contributed by atoms with van der Waals surface area (Å²) in [6.45, 7) is 5.40. The molecule has 1 spiro atoms. The first-order valence-corrected chi connectivity index (χ1v) is 8.70. The quantitative estimate of drug-likeness (QED) is 0.842. The third-order valence-electron chi connectivity index (χ3n) is 6.17. The molecule has 2 saturated heterocycles. The molecular weight excluding hydrogens is 248 g/mol. The van der Waals surface area contributed by atoms with Crippen LogP contribution in [0, 0.1) is 11.3 Å². The molecular formula is C17H30N2O. The van der Waals surface area contributed by atoms with Gasteiger partial charge in [-0.1, -0.05) is 19.8 Å². The summed E-state index contributed by atoms with van der Waals surface area (Å²) in [6, 6.07) is 0.415. The molecule has 2 heterocycles. The zero-order valence-electron chi connectivity index (χ0n) is 13.0. The zero-order valence-corrected chi connectivity index (χ0v) is 13.0. The molecule has 114 valence electrons. The van der Waals surface area contributed by atoms with Crippen LogP contribution in [-0.4, -0.2) is 36.5 Å². The molecule has 0 aromatic carbocycles. The second kappa shape index (κ2) is 6.05. The summed E-state index contributed by atoms with van der Waals surface area (Å²) in [5.41, 5.74) is 0.618. The van der Waals surface area contributed by atoms with Crippen molar-refractivity contribution in [3.05, 3.63) is 0 Å². The minimum atomic E-state index is 0.393. The molecule has 1 aliphatic carbocycles. The Morgan fingerprint density at radius 2 is 1.85 bits per heavy atom. The lowest BCUT2D eigenvalue weighted by Gasteiger charge is -2.40. The number of carbonyl (C=O) groups is 1. The molecule has 1 amide bonds. The molecule has 1 N–H and O–H groups in total. The second-order valence-corrected chi connectivity index (χ2v) is 7.47. The lowest BCUT2D eigenvalue weighted by molar-refractivity contribution is -0.134. The van der Waals surface area contributed by atoms with E-state index in [1.54, 1.807) is 0 Å². The van der Waals surface area contributed by atoms with Gasteiger partial charge in [0.15, 0.2) is 0 Å². The molecule has 3 aliphatic rings. The number of likely N-dealkylation sites (tertiary alicyclic amines) is 1. The normalized spacial score (nSPS) is 33.5. The maximum atomic E-state index is 12.5. The number of nitrogens with one attached hydrogen (secondary N) is 1. The second-order valence-electron chi connectivity index (χ2n) is 7.47. The van der Waals surface area contributed by atoms with Crippen LogP contribution in [-0.2, 0) is 4.79 Å². The highest BCUT2D eigenvalue weighted by Crippen LogP contribution is 2.46. The van der Waals surface area contributed by atoms with Gasteiger partial charge in [0.2, 0.25) is 5.91 Å². The van der Waals surface area contributed by atoms with E-state index in [9.17, 15) is 4.79 Å². The molecule has 3 heteroatoms. The van der Waals surface area contributed by atoms with Gasteiger partial charge in [0, 0.05) is 25.6 Å². The Bertz CT molecular complexity index is 339. The lowest BCUT2D eigenvalue weighted by atomic mass is 9.77. The van der Waals surface area contributed by atoms with E-state index >= 15 is 0 Å². The van der Waals surface area contributed by atoms with E-state index in [-0.39, 0.29) is 0 Å². The average Bonchev–Trinajstić information content (AvgIpc) is 2.90. The summed E-state index contributed by atoms with van der Waals surface area (Å²) >= 11 is 0. The van der Waals surface area contributed by atoms with Crippen LogP contribution in [0.1, 0.15) is 64.7 Å². The van der Waals surface area contributed by atoms with E-state index in [4.69, 9.17) is 0 Å². The van der Waals surface area contributed by atoms with Gasteiger partial charge < -0.3 is 10.2 Å². The van der Waals surface area contributed by atoms with Crippen molar-refractivity contribution in [1.29, 1.82) is 0 Å². The molecule has 1 saturated carbocycles. The third kappa shape index (κ3) is 3.03. The number of amides is 1. The van der Waals surface area contributed by atoms with E-state index in [1.165, 1.54) is 51.4 Å². The average molecular weight is 278 g/mol. The summed E-state index contributed by atoms with van der Waals surface area (Å²) in [5.74, 6) is 1.04. The number of hydrogen-bond donors (Lipinski definition) is 1. The van der Waals surface area contributed by atoms with Crippen molar-refractivity contribution in [2.45, 2.75) is 70.8 Å². The molecule has 0 aromatic heterocycles. The van der Waals surface area contributed by atoms with Crippen molar-refractivity contribution < 1.29 is 4.79 Å². The van der Waals surface area contributed by atoms with Crippen LogP contribution in [0.2, 0.25) is 0 Å². The van der Waals surface area contributed by atoms with Gasteiger partial charge >= 0.3 is 0 Å². The van der Waals surface area contributed by atoms with Gasteiger partial charge in [0.25, 0.3) is 0 Å². The molecule has 2 unspecified atom stereocenters. The first-order valence-electron chi connectivity index (χ1n) is 8.70. The Morgan fingerprint density at radius 1 is 1.15 bits per heavy atom. The number of carbonyl (C=O) groups excluding carboxylic acids is 1. The molecule has 0 aromatic rings. The summed E-state index contributed by atoms with van der Waals surface area (Å²) in [7, 11) is 0. The fraction of sp³-hybridized carbons (Fsp3) is 0.941. The van der Waals surface area contributed by atoms with E-state index in [2.05, 4.69) is 17.1 Å². The van der Waals surface area contributed by atoms with Crippen LogP contribution in [0.25, 0.3) is 0 Å². The minimum absolute atomic E-state index is 0.393. The van der Waals surface area contributed by atoms with E-state index in [0.29, 0.717) is 29.7 Å². The van der Waals surface area contributed by atoms with Gasteiger partial charge in [-0.3, -0.25) is 4.79 Å². The van der Waals surface area contributed by atoms with Crippen LogP contribution >= 0.6 is 0 Å². The molecule has 2 aliphatic heterocycles. The standard InChI is InChI=1S/C17H30N2O/c1-14-5-4-10-18-15(14)13-16(20)19-11-8-17(9-12-19)6-2-3-7-17/h14-15,18H,2-13H2,1H3. The Kier molecular flexibility index (Phi) is 4.34. The van der Waals surface area contributed by atoms with E-state index in [1.807, 2.05) is 0 Å². The van der Waals surface area contributed by atoms with Gasteiger partial charge in [0.1, 0.15) is 0 Å². The van der Waals surface area contributed by atoms with Crippen molar-refractivity contribution in [3.8, 4) is 0 Å². The summed E-state index contributed by atoms with van der Waals surface area (Å²) in [4.78, 5) is 14.6. The Balaban J connectivity index is 1.48. The summed E-state index contributed by atoms with van der Waals surface area (Å²) < 4.78 is 0. The van der Waals surface area contributed by atoms with Crippen LogP contribution in [0.5, 0.6) is 0 Å². The monoisotopic (exact) mass is 278 g/mol. The predicted molar refractivity (Wildman–Crippen MR) is 81.5 cm³/mol. The molecule has 20 heavy (non-hydrogen) atoms. The van der Waals surface area contributed by atoms with Crippen molar-refractivity contribution in [3.63, 3.8) is 0 Å². The zero-order chi connectivity index (χ0) is 14.0. The smallest absolute Gasteiger partial charge is 0.224 e. The third-order valence-corrected chi connectivity index (χ3v) is 6.17. The predicted octanol–water partition coefficient (Wildman–Crippen LogP) is 2.95. The molecule has 3 fully saturated rings. The minimum Gasteiger partial charge on any atom is -0.343 e. The molecule has 3 nitrogen and oxygen atoms in total. The molecule has 3 rings (SSSR count). The first-order chi connectivity index (χ1) is 9.69. The molecule has 0 radical (unpaired) electrons. The van der Waals surface area contributed by atoms with Crippen molar-refractivity contribution in [2.75, 3.05) is 19.6 Å². The summed E-state index contributed by atoms with van der Waals surface area (Å²) in [6.07, 6.45) is 11.4.